The van der Waals surface area contributed by atoms with Crippen LogP contribution in [0.1, 0.15) is 12.8 Å². The first-order chi connectivity index (χ1) is 6.25. The second-order valence-electron chi connectivity index (χ2n) is 3.20. The van der Waals surface area contributed by atoms with E-state index in [-0.39, 0.29) is 11.8 Å². The van der Waals surface area contributed by atoms with E-state index in [0.717, 1.165) is 18.5 Å². The SMILES string of the molecule is O=C(Nc1c[c]cc(Cl)c1)C1CC1. The van der Waals surface area contributed by atoms with Gasteiger partial charge >= 0.3 is 0 Å². The third-order valence-electron chi connectivity index (χ3n) is 1.97. The van der Waals surface area contributed by atoms with Crippen molar-refractivity contribution in [2.75, 3.05) is 5.32 Å². The van der Waals surface area contributed by atoms with Crippen LogP contribution in [0, 0.1) is 12.0 Å². The molecule has 0 aromatic heterocycles. The Morgan fingerprint density at radius 1 is 1.54 bits per heavy atom. The maximum Gasteiger partial charge on any atom is 0.227 e. The minimum Gasteiger partial charge on any atom is -0.326 e. The fourth-order valence-corrected chi connectivity index (χ4v) is 1.29. The minimum atomic E-state index is 0.0932. The third kappa shape index (κ3) is 2.22. The summed E-state index contributed by atoms with van der Waals surface area (Å²) < 4.78 is 0. The fourth-order valence-electron chi connectivity index (χ4n) is 1.10. The number of rotatable bonds is 2. The highest BCUT2D eigenvalue weighted by molar-refractivity contribution is 6.30. The molecular weight excluding hydrogens is 186 g/mol. The van der Waals surface area contributed by atoms with Crippen molar-refractivity contribution < 1.29 is 4.79 Å². The summed E-state index contributed by atoms with van der Waals surface area (Å²) in [5.74, 6) is 0.314. The van der Waals surface area contributed by atoms with E-state index >= 15 is 0 Å². The molecule has 0 heterocycles. The van der Waals surface area contributed by atoms with Crippen molar-refractivity contribution in [3.05, 3.63) is 29.3 Å². The van der Waals surface area contributed by atoms with E-state index in [1.54, 1.807) is 18.2 Å². The van der Waals surface area contributed by atoms with Crippen LogP contribution in [0.2, 0.25) is 5.02 Å². The molecule has 1 saturated carbocycles. The van der Waals surface area contributed by atoms with Crippen LogP contribution in [-0.2, 0) is 4.79 Å². The Balaban J connectivity index is 2.04. The maximum absolute atomic E-state index is 11.3. The van der Waals surface area contributed by atoms with Crippen molar-refractivity contribution in [3.63, 3.8) is 0 Å². The normalized spacial score (nSPS) is 15.5. The predicted octanol–water partition coefficient (Wildman–Crippen LogP) is 2.49. The minimum absolute atomic E-state index is 0.0932. The lowest BCUT2D eigenvalue weighted by Gasteiger charge is -2.03. The summed E-state index contributed by atoms with van der Waals surface area (Å²) in [5, 5.41) is 3.38. The van der Waals surface area contributed by atoms with Gasteiger partial charge in [0.05, 0.1) is 0 Å². The first kappa shape index (κ1) is 8.57. The maximum atomic E-state index is 11.3. The largest absolute Gasteiger partial charge is 0.326 e. The summed E-state index contributed by atoms with van der Waals surface area (Å²) in [7, 11) is 0. The van der Waals surface area contributed by atoms with Crippen LogP contribution in [0.15, 0.2) is 18.2 Å². The molecule has 1 aromatic rings. The number of anilines is 1. The van der Waals surface area contributed by atoms with Crippen molar-refractivity contribution >= 4 is 23.2 Å². The van der Waals surface area contributed by atoms with Gasteiger partial charge in [-0.1, -0.05) is 11.6 Å². The molecule has 1 aliphatic carbocycles. The van der Waals surface area contributed by atoms with Crippen LogP contribution in [0.25, 0.3) is 0 Å². The zero-order chi connectivity index (χ0) is 9.26. The molecule has 0 spiro atoms. The Morgan fingerprint density at radius 2 is 2.31 bits per heavy atom. The van der Waals surface area contributed by atoms with Gasteiger partial charge in [-0.15, -0.1) is 0 Å². The van der Waals surface area contributed by atoms with Gasteiger partial charge in [-0.25, -0.2) is 0 Å². The average Bonchev–Trinajstić information content (AvgIpc) is 2.85. The van der Waals surface area contributed by atoms with Gasteiger partial charge in [0, 0.05) is 16.6 Å². The molecule has 1 aromatic carbocycles. The number of benzene rings is 1. The second kappa shape index (κ2) is 3.38. The Hall–Kier alpha value is -1.02. The van der Waals surface area contributed by atoms with Crippen LogP contribution in [-0.4, -0.2) is 5.91 Å². The lowest BCUT2D eigenvalue weighted by Crippen LogP contribution is -2.12. The highest BCUT2D eigenvalue weighted by atomic mass is 35.5. The van der Waals surface area contributed by atoms with E-state index in [2.05, 4.69) is 11.4 Å². The summed E-state index contributed by atoms with van der Waals surface area (Å²) in [6.45, 7) is 0. The number of carbonyl (C=O) groups excluding carboxylic acids is 1. The quantitative estimate of drug-likeness (QED) is 0.770. The smallest absolute Gasteiger partial charge is 0.227 e. The first-order valence-electron chi connectivity index (χ1n) is 4.23. The van der Waals surface area contributed by atoms with Gasteiger partial charge in [-0.2, -0.15) is 0 Å². The lowest BCUT2D eigenvalue weighted by molar-refractivity contribution is -0.117. The van der Waals surface area contributed by atoms with Crippen molar-refractivity contribution in [2.45, 2.75) is 12.8 Å². The van der Waals surface area contributed by atoms with Crippen LogP contribution >= 0.6 is 11.6 Å². The van der Waals surface area contributed by atoms with E-state index in [1.165, 1.54) is 0 Å². The molecule has 1 aliphatic rings. The molecule has 0 unspecified atom stereocenters. The van der Waals surface area contributed by atoms with Gasteiger partial charge in [-0.05, 0) is 37.1 Å². The highest BCUT2D eigenvalue weighted by Crippen LogP contribution is 2.30. The van der Waals surface area contributed by atoms with E-state index in [9.17, 15) is 4.79 Å². The molecule has 0 bridgehead atoms. The monoisotopic (exact) mass is 194 g/mol. The molecule has 0 aliphatic heterocycles. The lowest BCUT2D eigenvalue weighted by atomic mass is 10.3. The first-order valence-corrected chi connectivity index (χ1v) is 4.61. The Bertz CT molecular complexity index is 333. The molecular formula is C10H9ClNO. The number of hydrogen-bond donors (Lipinski definition) is 1. The van der Waals surface area contributed by atoms with Gasteiger partial charge in [0.15, 0.2) is 0 Å². The fraction of sp³-hybridized carbons (Fsp3) is 0.300. The Kier molecular flexibility index (Phi) is 2.23. The van der Waals surface area contributed by atoms with Gasteiger partial charge in [0.25, 0.3) is 0 Å². The topological polar surface area (TPSA) is 29.1 Å². The van der Waals surface area contributed by atoms with Crippen LogP contribution < -0.4 is 5.32 Å². The zero-order valence-electron chi connectivity index (χ0n) is 7.01. The van der Waals surface area contributed by atoms with E-state index in [4.69, 9.17) is 11.6 Å². The summed E-state index contributed by atoms with van der Waals surface area (Å²) in [4.78, 5) is 11.3. The molecule has 1 fully saturated rings. The standard InChI is InChI=1S/C10H9ClNO/c11-8-2-1-3-9(6-8)12-10(13)7-4-5-7/h2-3,6-7H,4-5H2,(H,12,13). The molecule has 0 saturated heterocycles. The van der Waals surface area contributed by atoms with Crippen molar-refractivity contribution in [1.82, 2.24) is 0 Å². The molecule has 67 valence electrons. The van der Waals surface area contributed by atoms with Crippen LogP contribution in [0.4, 0.5) is 5.69 Å². The molecule has 1 amide bonds. The van der Waals surface area contributed by atoms with Gasteiger partial charge in [0.2, 0.25) is 5.91 Å². The van der Waals surface area contributed by atoms with Crippen LogP contribution in [0.3, 0.4) is 0 Å². The predicted molar refractivity (Wildman–Crippen MR) is 51.6 cm³/mol. The molecule has 1 N–H and O–H groups in total. The average molecular weight is 195 g/mol. The van der Waals surface area contributed by atoms with Crippen molar-refractivity contribution in [3.8, 4) is 0 Å². The summed E-state index contributed by atoms with van der Waals surface area (Å²) >= 11 is 5.74. The summed E-state index contributed by atoms with van der Waals surface area (Å²) in [5.41, 5.74) is 0.726. The second-order valence-corrected chi connectivity index (χ2v) is 3.64. The van der Waals surface area contributed by atoms with E-state index < -0.39 is 0 Å². The van der Waals surface area contributed by atoms with Crippen LogP contribution in [0.5, 0.6) is 0 Å². The summed E-state index contributed by atoms with van der Waals surface area (Å²) in [6.07, 6.45) is 2.02. The third-order valence-corrected chi connectivity index (χ3v) is 2.19. The van der Waals surface area contributed by atoms with E-state index in [0.29, 0.717) is 5.02 Å². The molecule has 1 radical (unpaired) electrons. The van der Waals surface area contributed by atoms with Gasteiger partial charge in [0.1, 0.15) is 0 Å². The Labute approximate surface area is 81.9 Å². The molecule has 2 rings (SSSR count). The zero-order valence-corrected chi connectivity index (χ0v) is 7.77. The number of amides is 1. The van der Waals surface area contributed by atoms with Gasteiger partial charge in [-0.3, -0.25) is 4.79 Å². The van der Waals surface area contributed by atoms with Crippen molar-refractivity contribution in [1.29, 1.82) is 0 Å². The van der Waals surface area contributed by atoms with Crippen molar-refractivity contribution in [2.24, 2.45) is 5.92 Å². The molecule has 3 heteroatoms. The van der Waals surface area contributed by atoms with E-state index in [1.807, 2.05) is 0 Å². The van der Waals surface area contributed by atoms with Gasteiger partial charge < -0.3 is 5.32 Å². The summed E-state index contributed by atoms with van der Waals surface area (Å²) in [6, 6.07) is 7.94. The highest BCUT2D eigenvalue weighted by Gasteiger charge is 2.29. The number of carbonyl (C=O) groups is 1. The number of hydrogen-bond acceptors (Lipinski definition) is 1. The number of nitrogens with one attached hydrogen (secondary N) is 1. The Morgan fingerprint density at radius 3 is 2.92 bits per heavy atom. The number of halogens is 1. The molecule has 0 atom stereocenters. The molecule has 2 nitrogen and oxygen atoms in total. The molecule has 13 heavy (non-hydrogen) atoms.